The van der Waals surface area contributed by atoms with Crippen LogP contribution >= 0.6 is 0 Å². The molecule has 1 aromatic carbocycles. The minimum Gasteiger partial charge on any atom is -0.495 e. The van der Waals surface area contributed by atoms with Gasteiger partial charge in [-0.1, -0.05) is 12.1 Å². The molecule has 3 heterocycles. The van der Waals surface area contributed by atoms with Crippen LogP contribution in [0.1, 0.15) is 30.5 Å². The number of methoxy groups -OCH3 is 1. The molecule has 0 N–H and O–H groups in total. The molecule has 1 aromatic heterocycles. The lowest BCUT2D eigenvalue weighted by Crippen LogP contribution is -2.35. The van der Waals surface area contributed by atoms with E-state index in [-0.39, 0.29) is 10.9 Å². The molecule has 0 spiro atoms. The van der Waals surface area contributed by atoms with Gasteiger partial charge in [-0.2, -0.15) is 4.31 Å². The molecule has 0 saturated carbocycles. The van der Waals surface area contributed by atoms with Crippen molar-refractivity contribution in [2.24, 2.45) is 0 Å². The van der Waals surface area contributed by atoms with Crippen LogP contribution < -0.4 is 4.74 Å². The SMILES string of the molecule is COc1ccccc1S(=O)(=O)N1CCC[C@@H]1c1nnc2n1CCN(C)C2. The molecule has 2 aliphatic rings. The maximum absolute atomic E-state index is 13.3. The standard InChI is InChI=1S/C17H23N5O3S/c1-20-10-11-21-16(12-20)18-19-17(21)13-6-5-9-22(13)26(23,24)15-8-4-3-7-14(15)25-2/h3-4,7-8,13H,5-6,9-12H2,1-2H3/t13-/m1/s1. The van der Waals surface area contributed by atoms with Crippen molar-refractivity contribution in [1.29, 1.82) is 0 Å². The Balaban J connectivity index is 1.71. The fourth-order valence-electron chi connectivity index (χ4n) is 3.79. The monoisotopic (exact) mass is 377 g/mol. The summed E-state index contributed by atoms with van der Waals surface area (Å²) in [7, 11) is -0.142. The summed E-state index contributed by atoms with van der Waals surface area (Å²) in [6.07, 6.45) is 1.56. The second kappa shape index (κ2) is 6.64. The van der Waals surface area contributed by atoms with Crippen LogP contribution in [0, 0.1) is 0 Å². The van der Waals surface area contributed by atoms with E-state index >= 15 is 0 Å². The molecule has 4 rings (SSSR count). The van der Waals surface area contributed by atoms with E-state index in [1.807, 2.05) is 7.05 Å². The molecule has 0 unspecified atom stereocenters. The van der Waals surface area contributed by atoms with Crippen LogP contribution in [0.25, 0.3) is 0 Å². The highest BCUT2D eigenvalue weighted by molar-refractivity contribution is 7.89. The molecule has 8 nitrogen and oxygen atoms in total. The minimum atomic E-state index is -3.68. The summed E-state index contributed by atoms with van der Waals surface area (Å²) in [5.74, 6) is 2.02. The molecule has 140 valence electrons. The Morgan fingerprint density at radius 2 is 1.96 bits per heavy atom. The topological polar surface area (TPSA) is 80.6 Å². The predicted molar refractivity (Wildman–Crippen MR) is 95.2 cm³/mol. The molecule has 0 radical (unpaired) electrons. The van der Waals surface area contributed by atoms with E-state index < -0.39 is 10.0 Å². The maximum Gasteiger partial charge on any atom is 0.247 e. The number of likely N-dealkylation sites (N-methyl/N-ethyl adjacent to an activating group) is 1. The summed E-state index contributed by atoms with van der Waals surface area (Å²) in [4.78, 5) is 2.39. The van der Waals surface area contributed by atoms with Crippen LogP contribution in [-0.2, 0) is 23.1 Å². The van der Waals surface area contributed by atoms with Gasteiger partial charge >= 0.3 is 0 Å². The first-order valence-corrected chi connectivity index (χ1v) is 10.2. The van der Waals surface area contributed by atoms with Crippen molar-refractivity contribution < 1.29 is 13.2 Å². The van der Waals surface area contributed by atoms with Gasteiger partial charge < -0.3 is 9.30 Å². The van der Waals surface area contributed by atoms with Crippen molar-refractivity contribution in [3.05, 3.63) is 35.9 Å². The predicted octanol–water partition coefficient (Wildman–Crippen LogP) is 1.26. The first kappa shape index (κ1) is 17.4. The zero-order valence-electron chi connectivity index (χ0n) is 15.0. The summed E-state index contributed by atoms with van der Waals surface area (Å²) < 4.78 is 35.6. The Morgan fingerprint density at radius 3 is 2.77 bits per heavy atom. The van der Waals surface area contributed by atoms with Crippen molar-refractivity contribution in [3.63, 3.8) is 0 Å². The highest BCUT2D eigenvalue weighted by atomic mass is 32.2. The Bertz CT molecular complexity index is 911. The summed E-state index contributed by atoms with van der Waals surface area (Å²) in [6.45, 7) is 2.91. The molecule has 2 aliphatic heterocycles. The van der Waals surface area contributed by atoms with Crippen molar-refractivity contribution in [3.8, 4) is 5.75 Å². The summed E-state index contributed by atoms with van der Waals surface area (Å²) in [5, 5.41) is 8.66. The van der Waals surface area contributed by atoms with Gasteiger partial charge in [0.25, 0.3) is 0 Å². The molecular formula is C17H23N5O3S. The van der Waals surface area contributed by atoms with Gasteiger partial charge in [-0.3, -0.25) is 4.90 Å². The zero-order chi connectivity index (χ0) is 18.3. The van der Waals surface area contributed by atoms with Gasteiger partial charge in [0.15, 0.2) is 5.82 Å². The van der Waals surface area contributed by atoms with Gasteiger partial charge in [-0.05, 0) is 32.0 Å². The van der Waals surface area contributed by atoms with E-state index in [0.717, 1.165) is 44.1 Å². The molecule has 0 amide bonds. The Labute approximate surface area is 153 Å². The first-order valence-electron chi connectivity index (χ1n) is 8.77. The number of sulfonamides is 1. The summed E-state index contributed by atoms with van der Waals surface area (Å²) in [5.41, 5.74) is 0. The van der Waals surface area contributed by atoms with E-state index in [0.29, 0.717) is 12.3 Å². The molecule has 0 bridgehead atoms. The highest BCUT2D eigenvalue weighted by Gasteiger charge is 2.40. The third-order valence-electron chi connectivity index (χ3n) is 5.13. The maximum atomic E-state index is 13.3. The molecule has 1 atom stereocenters. The third kappa shape index (κ3) is 2.80. The van der Waals surface area contributed by atoms with Crippen LogP contribution in [0.3, 0.4) is 0 Å². The molecule has 1 saturated heterocycles. The minimum absolute atomic E-state index is 0.201. The smallest absolute Gasteiger partial charge is 0.247 e. The number of hydrogen-bond acceptors (Lipinski definition) is 6. The van der Waals surface area contributed by atoms with Crippen LogP contribution in [0.2, 0.25) is 0 Å². The fourth-order valence-corrected chi connectivity index (χ4v) is 5.60. The van der Waals surface area contributed by atoms with Gasteiger partial charge in [0, 0.05) is 19.6 Å². The molecule has 0 aliphatic carbocycles. The van der Waals surface area contributed by atoms with Crippen molar-refractivity contribution in [2.45, 2.75) is 36.9 Å². The van der Waals surface area contributed by atoms with E-state index in [9.17, 15) is 8.42 Å². The summed E-state index contributed by atoms with van der Waals surface area (Å²) >= 11 is 0. The van der Waals surface area contributed by atoms with Crippen LogP contribution in [-0.4, -0.2) is 59.6 Å². The number of ether oxygens (including phenoxy) is 1. The van der Waals surface area contributed by atoms with E-state index in [1.54, 1.807) is 28.6 Å². The zero-order valence-corrected chi connectivity index (χ0v) is 15.8. The summed E-state index contributed by atoms with van der Waals surface area (Å²) in [6, 6.07) is 6.47. The van der Waals surface area contributed by atoms with Crippen molar-refractivity contribution >= 4 is 10.0 Å². The normalized spacial score (nSPS) is 21.7. The number of nitrogens with zero attached hydrogens (tertiary/aromatic N) is 5. The van der Waals surface area contributed by atoms with Gasteiger partial charge in [0.2, 0.25) is 10.0 Å². The molecular weight excluding hydrogens is 354 g/mol. The lowest BCUT2D eigenvalue weighted by Gasteiger charge is -2.28. The Hall–Kier alpha value is -1.97. The quantitative estimate of drug-likeness (QED) is 0.798. The van der Waals surface area contributed by atoms with Crippen LogP contribution in [0.4, 0.5) is 0 Å². The second-order valence-corrected chi connectivity index (χ2v) is 8.65. The van der Waals surface area contributed by atoms with Gasteiger partial charge in [0.1, 0.15) is 16.5 Å². The van der Waals surface area contributed by atoms with Gasteiger partial charge in [-0.15, -0.1) is 10.2 Å². The van der Waals surface area contributed by atoms with E-state index in [4.69, 9.17) is 4.74 Å². The van der Waals surface area contributed by atoms with Crippen molar-refractivity contribution in [1.82, 2.24) is 24.0 Å². The molecule has 1 fully saturated rings. The highest BCUT2D eigenvalue weighted by Crippen LogP contribution is 2.38. The third-order valence-corrected chi connectivity index (χ3v) is 7.08. The van der Waals surface area contributed by atoms with Gasteiger partial charge in [0.05, 0.1) is 19.7 Å². The number of fused-ring (bicyclic) bond motifs is 1. The van der Waals surface area contributed by atoms with E-state index in [2.05, 4.69) is 19.7 Å². The second-order valence-electron chi connectivity index (χ2n) is 6.79. The molecule has 9 heteroatoms. The number of aromatic nitrogens is 3. The largest absolute Gasteiger partial charge is 0.495 e. The van der Waals surface area contributed by atoms with Crippen LogP contribution in [0.15, 0.2) is 29.2 Å². The Kier molecular flexibility index (Phi) is 4.45. The number of benzene rings is 1. The van der Waals surface area contributed by atoms with E-state index in [1.165, 1.54) is 7.11 Å². The van der Waals surface area contributed by atoms with Crippen molar-refractivity contribution in [2.75, 3.05) is 27.2 Å². The number of para-hydroxylation sites is 1. The average Bonchev–Trinajstić information content (AvgIpc) is 3.28. The van der Waals surface area contributed by atoms with Gasteiger partial charge in [-0.25, -0.2) is 8.42 Å². The lowest BCUT2D eigenvalue weighted by atomic mass is 10.2. The number of rotatable bonds is 4. The molecule has 26 heavy (non-hydrogen) atoms. The average molecular weight is 377 g/mol. The first-order chi connectivity index (χ1) is 12.5. The van der Waals surface area contributed by atoms with Crippen LogP contribution in [0.5, 0.6) is 5.75 Å². The molecule has 2 aromatic rings. The number of hydrogen-bond donors (Lipinski definition) is 0. The Morgan fingerprint density at radius 1 is 1.15 bits per heavy atom. The fraction of sp³-hybridized carbons (Fsp3) is 0.529. The lowest BCUT2D eigenvalue weighted by molar-refractivity contribution is 0.256.